The molecule has 1 heterocycles. The fraction of sp³-hybridized carbons (Fsp3) is 0.167. The maximum absolute atomic E-state index is 8.68. The van der Waals surface area contributed by atoms with E-state index >= 15 is 0 Å². The molecule has 0 saturated carbocycles. The van der Waals surface area contributed by atoms with Crippen LogP contribution in [0, 0.1) is 11.3 Å². The van der Waals surface area contributed by atoms with E-state index in [2.05, 4.69) is 11.1 Å². The molecule has 0 fully saturated rings. The zero-order valence-electron chi connectivity index (χ0n) is 8.40. The Morgan fingerprint density at radius 1 is 1.33 bits per heavy atom. The summed E-state index contributed by atoms with van der Waals surface area (Å²) in [6, 6.07) is 9.77. The van der Waals surface area contributed by atoms with Crippen LogP contribution in [0.4, 0.5) is 0 Å². The van der Waals surface area contributed by atoms with Gasteiger partial charge in [-0.25, -0.2) is 0 Å². The third-order valence-corrected chi connectivity index (χ3v) is 2.32. The van der Waals surface area contributed by atoms with Crippen LogP contribution < -0.4 is 4.74 Å². The number of ether oxygens (including phenoxy) is 1. The monoisotopic (exact) mass is 198 g/mol. The van der Waals surface area contributed by atoms with Crippen LogP contribution in [0.5, 0.6) is 5.75 Å². The van der Waals surface area contributed by atoms with E-state index in [0.717, 1.165) is 22.2 Å². The summed E-state index contributed by atoms with van der Waals surface area (Å²) in [4.78, 5) is 4.19. The van der Waals surface area contributed by atoms with Gasteiger partial charge in [0.05, 0.1) is 25.3 Å². The molecule has 2 aromatic rings. The summed E-state index contributed by atoms with van der Waals surface area (Å²) in [5.74, 6) is 0.814. The average molecular weight is 198 g/mol. The zero-order chi connectivity index (χ0) is 10.7. The largest absolute Gasteiger partial charge is 0.496 e. The van der Waals surface area contributed by atoms with E-state index in [1.54, 1.807) is 13.3 Å². The molecule has 0 amide bonds. The lowest BCUT2D eigenvalue weighted by atomic mass is 10.1. The van der Waals surface area contributed by atoms with Crippen molar-refractivity contribution in [3.63, 3.8) is 0 Å². The van der Waals surface area contributed by atoms with Gasteiger partial charge in [-0.2, -0.15) is 5.26 Å². The lowest BCUT2D eigenvalue weighted by molar-refractivity contribution is 0.420. The van der Waals surface area contributed by atoms with Gasteiger partial charge < -0.3 is 4.74 Å². The number of nitriles is 1. The number of fused-ring (bicyclic) bond motifs is 1. The molecule has 74 valence electrons. The second-order valence-electron chi connectivity index (χ2n) is 3.15. The van der Waals surface area contributed by atoms with Crippen molar-refractivity contribution in [2.45, 2.75) is 6.42 Å². The van der Waals surface area contributed by atoms with Crippen LogP contribution in [0.25, 0.3) is 10.8 Å². The lowest BCUT2D eigenvalue weighted by Crippen LogP contribution is -1.91. The van der Waals surface area contributed by atoms with Gasteiger partial charge in [-0.05, 0) is 12.1 Å². The Hall–Kier alpha value is -2.08. The fourth-order valence-electron chi connectivity index (χ4n) is 1.63. The maximum Gasteiger partial charge on any atom is 0.126 e. The molecular weight excluding hydrogens is 188 g/mol. The van der Waals surface area contributed by atoms with Crippen LogP contribution in [0.15, 0.2) is 30.5 Å². The average Bonchev–Trinajstić information content (AvgIpc) is 2.29. The summed E-state index contributed by atoms with van der Waals surface area (Å²) >= 11 is 0. The van der Waals surface area contributed by atoms with Gasteiger partial charge in [0.2, 0.25) is 0 Å². The molecule has 0 N–H and O–H groups in total. The van der Waals surface area contributed by atoms with Crippen molar-refractivity contribution < 1.29 is 4.74 Å². The summed E-state index contributed by atoms with van der Waals surface area (Å²) in [6.07, 6.45) is 2.03. The van der Waals surface area contributed by atoms with Crippen LogP contribution in [0.1, 0.15) is 5.69 Å². The first-order chi connectivity index (χ1) is 7.36. The van der Waals surface area contributed by atoms with Crippen LogP contribution in [0.2, 0.25) is 0 Å². The van der Waals surface area contributed by atoms with E-state index in [1.165, 1.54) is 0 Å². The fourth-order valence-corrected chi connectivity index (χ4v) is 1.63. The van der Waals surface area contributed by atoms with Crippen LogP contribution in [-0.4, -0.2) is 12.1 Å². The highest BCUT2D eigenvalue weighted by molar-refractivity contribution is 5.90. The molecule has 0 unspecified atom stereocenters. The quantitative estimate of drug-likeness (QED) is 0.743. The number of nitrogens with zero attached hydrogens (tertiary/aromatic N) is 2. The zero-order valence-corrected chi connectivity index (χ0v) is 8.40. The van der Waals surface area contributed by atoms with E-state index in [-0.39, 0.29) is 0 Å². The number of benzene rings is 1. The van der Waals surface area contributed by atoms with Gasteiger partial charge in [-0.3, -0.25) is 4.98 Å². The first kappa shape index (κ1) is 9.47. The Labute approximate surface area is 87.9 Å². The molecule has 0 saturated heterocycles. The molecule has 0 radical (unpaired) electrons. The number of aromatic nitrogens is 1. The third kappa shape index (κ3) is 1.62. The van der Waals surface area contributed by atoms with Crippen molar-refractivity contribution >= 4 is 10.8 Å². The van der Waals surface area contributed by atoms with E-state index in [0.29, 0.717) is 6.42 Å². The smallest absolute Gasteiger partial charge is 0.126 e. The van der Waals surface area contributed by atoms with Gasteiger partial charge >= 0.3 is 0 Å². The molecule has 0 aliphatic heterocycles. The minimum atomic E-state index is 0.324. The second kappa shape index (κ2) is 3.97. The topological polar surface area (TPSA) is 45.9 Å². The number of pyridine rings is 1. The van der Waals surface area contributed by atoms with Gasteiger partial charge in [0, 0.05) is 17.0 Å². The Balaban J connectivity index is 2.72. The van der Waals surface area contributed by atoms with E-state index in [9.17, 15) is 0 Å². The molecule has 1 aromatic carbocycles. The molecule has 0 aliphatic carbocycles. The molecule has 2 rings (SSSR count). The Morgan fingerprint density at radius 3 is 2.93 bits per heavy atom. The van der Waals surface area contributed by atoms with Gasteiger partial charge in [0.15, 0.2) is 0 Å². The summed E-state index contributed by atoms with van der Waals surface area (Å²) in [6.45, 7) is 0. The first-order valence-corrected chi connectivity index (χ1v) is 4.64. The van der Waals surface area contributed by atoms with Crippen molar-refractivity contribution in [2.24, 2.45) is 0 Å². The standard InChI is InChI=1S/C12H10N2O/c1-15-12-4-2-3-9-10(12)6-8-14-11(9)5-7-13/h2-4,6,8H,5H2,1H3. The second-order valence-corrected chi connectivity index (χ2v) is 3.15. The minimum Gasteiger partial charge on any atom is -0.496 e. The van der Waals surface area contributed by atoms with Crippen molar-refractivity contribution in [3.05, 3.63) is 36.2 Å². The van der Waals surface area contributed by atoms with Crippen molar-refractivity contribution in [1.29, 1.82) is 5.26 Å². The van der Waals surface area contributed by atoms with Gasteiger partial charge in [0.1, 0.15) is 5.75 Å². The Kier molecular flexibility index (Phi) is 2.51. The van der Waals surface area contributed by atoms with Gasteiger partial charge in [-0.1, -0.05) is 12.1 Å². The van der Waals surface area contributed by atoms with E-state index < -0.39 is 0 Å². The SMILES string of the molecule is COc1cccc2c(CC#N)nccc12. The molecular formula is C12H10N2O. The number of rotatable bonds is 2. The summed E-state index contributed by atoms with van der Waals surface area (Å²) < 4.78 is 5.25. The van der Waals surface area contributed by atoms with Crippen molar-refractivity contribution in [1.82, 2.24) is 4.98 Å². The molecule has 0 aliphatic rings. The van der Waals surface area contributed by atoms with Crippen LogP contribution >= 0.6 is 0 Å². The molecule has 0 atom stereocenters. The lowest BCUT2D eigenvalue weighted by Gasteiger charge is -2.06. The highest BCUT2D eigenvalue weighted by atomic mass is 16.5. The maximum atomic E-state index is 8.68. The van der Waals surface area contributed by atoms with Crippen LogP contribution in [0.3, 0.4) is 0 Å². The molecule has 15 heavy (non-hydrogen) atoms. The Bertz CT molecular complexity index is 529. The predicted octanol–water partition coefficient (Wildman–Crippen LogP) is 2.31. The van der Waals surface area contributed by atoms with Gasteiger partial charge in [0.25, 0.3) is 0 Å². The normalized spacial score (nSPS) is 9.87. The number of methoxy groups -OCH3 is 1. The predicted molar refractivity (Wildman–Crippen MR) is 57.6 cm³/mol. The summed E-state index contributed by atoms with van der Waals surface area (Å²) in [5.41, 5.74) is 0.800. The molecule has 3 heteroatoms. The molecule has 0 bridgehead atoms. The molecule has 1 aromatic heterocycles. The Morgan fingerprint density at radius 2 is 2.20 bits per heavy atom. The number of hydrogen-bond acceptors (Lipinski definition) is 3. The highest BCUT2D eigenvalue weighted by Crippen LogP contribution is 2.26. The minimum absolute atomic E-state index is 0.324. The summed E-state index contributed by atoms with van der Waals surface area (Å²) in [7, 11) is 1.64. The summed E-state index contributed by atoms with van der Waals surface area (Å²) in [5, 5.41) is 10.7. The van der Waals surface area contributed by atoms with E-state index in [1.807, 2.05) is 24.3 Å². The van der Waals surface area contributed by atoms with Crippen molar-refractivity contribution in [2.75, 3.05) is 7.11 Å². The highest BCUT2D eigenvalue weighted by Gasteiger charge is 2.05. The first-order valence-electron chi connectivity index (χ1n) is 4.64. The van der Waals surface area contributed by atoms with Crippen molar-refractivity contribution in [3.8, 4) is 11.8 Å². The number of hydrogen-bond donors (Lipinski definition) is 0. The van der Waals surface area contributed by atoms with Gasteiger partial charge in [-0.15, -0.1) is 0 Å². The van der Waals surface area contributed by atoms with E-state index in [4.69, 9.17) is 10.00 Å². The molecule has 0 spiro atoms. The molecule has 3 nitrogen and oxygen atoms in total. The van der Waals surface area contributed by atoms with Crippen LogP contribution in [-0.2, 0) is 6.42 Å². The third-order valence-electron chi connectivity index (χ3n) is 2.32.